The lowest BCUT2D eigenvalue weighted by atomic mass is 10.1. The lowest BCUT2D eigenvalue weighted by Gasteiger charge is -2.12. The van der Waals surface area contributed by atoms with Crippen LogP contribution in [0.3, 0.4) is 0 Å². The van der Waals surface area contributed by atoms with Crippen molar-refractivity contribution in [1.82, 2.24) is 5.32 Å². The second-order valence-electron chi connectivity index (χ2n) is 5.54. The zero-order chi connectivity index (χ0) is 15.2. The van der Waals surface area contributed by atoms with E-state index in [1.165, 1.54) is 22.3 Å². The minimum Gasteiger partial charge on any atom is -0.485 e. The molecule has 0 radical (unpaired) electrons. The predicted molar refractivity (Wildman–Crippen MR) is 85.7 cm³/mol. The van der Waals surface area contributed by atoms with Crippen molar-refractivity contribution in [2.45, 2.75) is 47.3 Å². The van der Waals surface area contributed by atoms with E-state index in [1.54, 1.807) is 6.26 Å². The monoisotopic (exact) mass is 287 g/mol. The topological polar surface area (TPSA) is 34.4 Å². The third-order valence-corrected chi connectivity index (χ3v) is 3.70. The van der Waals surface area contributed by atoms with Crippen molar-refractivity contribution < 1.29 is 9.15 Å². The highest BCUT2D eigenvalue weighted by Crippen LogP contribution is 2.24. The minimum atomic E-state index is 0.472. The van der Waals surface area contributed by atoms with Crippen molar-refractivity contribution in [2.75, 3.05) is 6.54 Å². The molecule has 0 unspecified atom stereocenters. The molecule has 3 nitrogen and oxygen atoms in total. The summed E-state index contributed by atoms with van der Waals surface area (Å²) in [7, 11) is 0. The van der Waals surface area contributed by atoms with E-state index in [4.69, 9.17) is 9.15 Å². The van der Waals surface area contributed by atoms with Crippen molar-refractivity contribution in [3.63, 3.8) is 0 Å². The normalized spacial score (nSPS) is 10.9. The first-order valence-electron chi connectivity index (χ1n) is 7.58. The first kappa shape index (κ1) is 15.6. The summed E-state index contributed by atoms with van der Waals surface area (Å²) in [4.78, 5) is 0. The second kappa shape index (κ2) is 7.32. The van der Waals surface area contributed by atoms with Crippen LogP contribution < -0.4 is 10.1 Å². The van der Waals surface area contributed by atoms with Crippen LogP contribution in [0.2, 0.25) is 0 Å². The van der Waals surface area contributed by atoms with Crippen LogP contribution in [0.15, 0.2) is 28.9 Å². The highest BCUT2D eigenvalue weighted by Gasteiger charge is 2.09. The highest BCUT2D eigenvalue weighted by molar-refractivity contribution is 5.42. The van der Waals surface area contributed by atoms with Gasteiger partial charge in [-0.1, -0.05) is 13.0 Å². The molecule has 2 rings (SSSR count). The molecule has 21 heavy (non-hydrogen) atoms. The largest absolute Gasteiger partial charge is 0.485 e. The molecule has 2 aromatic rings. The Morgan fingerprint density at radius 2 is 2.00 bits per heavy atom. The molecule has 0 fully saturated rings. The molecule has 0 aliphatic rings. The fourth-order valence-electron chi connectivity index (χ4n) is 2.34. The number of furan rings is 1. The lowest BCUT2D eigenvalue weighted by Crippen LogP contribution is -2.14. The van der Waals surface area contributed by atoms with Crippen LogP contribution in [0.1, 0.15) is 41.4 Å². The van der Waals surface area contributed by atoms with Gasteiger partial charge in [0.15, 0.2) is 0 Å². The maximum Gasteiger partial charge on any atom is 0.146 e. The summed E-state index contributed by atoms with van der Waals surface area (Å²) in [5, 5.41) is 3.39. The van der Waals surface area contributed by atoms with Crippen LogP contribution >= 0.6 is 0 Å². The van der Waals surface area contributed by atoms with Crippen molar-refractivity contribution in [3.8, 4) is 5.75 Å². The van der Waals surface area contributed by atoms with E-state index in [0.717, 1.165) is 31.0 Å². The summed E-state index contributed by atoms with van der Waals surface area (Å²) >= 11 is 0. The Balaban J connectivity index is 2.02. The van der Waals surface area contributed by atoms with Crippen molar-refractivity contribution in [3.05, 3.63) is 52.5 Å². The Morgan fingerprint density at radius 1 is 1.19 bits per heavy atom. The maximum atomic E-state index is 5.97. The summed E-state index contributed by atoms with van der Waals surface area (Å²) in [6.07, 6.45) is 2.86. The Hall–Kier alpha value is -1.74. The molecular weight excluding hydrogens is 262 g/mol. The van der Waals surface area contributed by atoms with Gasteiger partial charge in [-0.15, -0.1) is 0 Å². The van der Waals surface area contributed by atoms with E-state index in [2.05, 4.69) is 45.1 Å². The Labute approximate surface area is 127 Å². The van der Waals surface area contributed by atoms with Crippen LogP contribution in [0, 0.1) is 20.8 Å². The molecule has 1 aromatic heterocycles. The highest BCUT2D eigenvalue weighted by atomic mass is 16.5. The van der Waals surface area contributed by atoms with Gasteiger partial charge in [0, 0.05) is 12.1 Å². The zero-order valence-electron chi connectivity index (χ0n) is 13.5. The van der Waals surface area contributed by atoms with Crippen LogP contribution in [-0.4, -0.2) is 6.54 Å². The summed E-state index contributed by atoms with van der Waals surface area (Å²) in [5.41, 5.74) is 4.84. The molecule has 114 valence electrons. The third-order valence-electron chi connectivity index (χ3n) is 3.70. The number of nitrogens with one attached hydrogen (secondary N) is 1. The zero-order valence-corrected chi connectivity index (χ0v) is 13.5. The summed E-state index contributed by atoms with van der Waals surface area (Å²) in [6.45, 7) is 10.8. The molecule has 0 bridgehead atoms. The first-order valence-corrected chi connectivity index (χ1v) is 7.58. The smallest absolute Gasteiger partial charge is 0.146 e. The average molecular weight is 287 g/mol. The van der Waals surface area contributed by atoms with Crippen molar-refractivity contribution in [1.29, 1.82) is 0 Å². The molecule has 0 aliphatic carbocycles. The molecule has 0 atom stereocenters. The lowest BCUT2D eigenvalue weighted by molar-refractivity contribution is 0.266. The summed E-state index contributed by atoms with van der Waals surface area (Å²) < 4.78 is 11.5. The third kappa shape index (κ3) is 4.11. The van der Waals surface area contributed by atoms with Crippen LogP contribution in [0.4, 0.5) is 0 Å². The van der Waals surface area contributed by atoms with Crippen LogP contribution in [0.25, 0.3) is 0 Å². The van der Waals surface area contributed by atoms with Gasteiger partial charge in [-0.3, -0.25) is 0 Å². The second-order valence-corrected chi connectivity index (χ2v) is 5.54. The average Bonchev–Trinajstić information content (AvgIpc) is 2.89. The van der Waals surface area contributed by atoms with Gasteiger partial charge >= 0.3 is 0 Å². The van der Waals surface area contributed by atoms with E-state index < -0.39 is 0 Å². The maximum absolute atomic E-state index is 5.97. The van der Waals surface area contributed by atoms with Crippen LogP contribution in [-0.2, 0) is 13.2 Å². The van der Waals surface area contributed by atoms with Gasteiger partial charge in [-0.25, -0.2) is 0 Å². The number of benzene rings is 1. The number of rotatable bonds is 7. The molecule has 1 N–H and O–H groups in total. The van der Waals surface area contributed by atoms with Gasteiger partial charge in [0.05, 0.1) is 6.26 Å². The molecule has 0 spiro atoms. The molecule has 1 heterocycles. The standard InChI is InChI=1S/C18H25NO2/c1-5-7-19-11-16-6-8-20-18(16)12-21-17-10-13(2)9-14(3)15(17)4/h6,8-10,19H,5,7,11-12H2,1-4H3. The molecule has 0 amide bonds. The molecule has 1 aromatic carbocycles. The fourth-order valence-corrected chi connectivity index (χ4v) is 2.34. The number of aryl methyl sites for hydroxylation is 2. The van der Waals surface area contributed by atoms with E-state index in [9.17, 15) is 0 Å². The number of hydrogen-bond donors (Lipinski definition) is 1. The van der Waals surface area contributed by atoms with E-state index in [0.29, 0.717) is 6.61 Å². The Bertz CT molecular complexity index is 587. The van der Waals surface area contributed by atoms with Gasteiger partial charge in [-0.2, -0.15) is 0 Å². The molecule has 3 heteroatoms. The molecular formula is C18H25NO2. The molecule has 0 saturated heterocycles. The van der Waals surface area contributed by atoms with Crippen LogP contribution in [0.5, 0.6) is 5.75 Å². The first-order chi connectivity index (χ1) is 10.1. The van der Waals surface area contributed by atoms with Crippen molar-refractivity contribution in [2.24, 2.45) is 0 Å². The molecule has 0 saturated carbocycles. The van der Waals surface area contributed by atoms with Gasteiger partial charge in [0.1, 0.15) is 18.1 Å². The number of hydrogen-bond acceptors (Lipinski definition) is 3. The summed E-state index contributed by atoms with van der Waals surface area (Å²) in [6, 6.07) is 6.27. The van der Waals surface area contributed by atoms with Gasteiger partial charge < -0.3 is 14.5 Å². The van der Waals surface area contributed by atoms with E-state index in [-0.39, 0.29) is 0 Å². The summed E-state index contributed by atoms with van der Waals surface area (Å²) in [5.74, 6) is 1.84. The quantitative estimate of drug-likeness (QED) is 0.772. The Morgan fingerprint density at radius 3 is 2.76 bits per heavy atom. The Kier molecular flexibility index (Phi) is 5.45. The SMILES string of the molecule is CCCNCc1ccoc1COc1cc(C)cc(C)c1C. The van der Waals surface area contributed by atoms with E-state index >= 15 is 0 Å². The fraction of sp³-hybridized carbons (Fsp3) is 0.444. The van der Waals surface area contributed by atoms with Gasteiger partial charge in [-0.05, 0) is 62.6 Å². The predicted octanol–water partition coefficient (Wildman–Crippen LogP) is 4.28. The minimum absolute atomic E-state index is 0.472. The van der Waals surface area contributed by atoms with Gasteiger partial charge in [0.2, 0.25) is 0 Å². The van der Waals surface area contributed by atoms with Gasteiger partial charge in [0.25, 0.3) is 0 Å². The van der Waals surface area contributed by atoms with Crippen molar-refractivity contribution >= 4 is 0 Å². The number of ether oxygens (including phenoxy) is 1. The molecule has 0 aliphatic heterocycles. The van der Waals surface area contributed by atoms with E-state index in [1.807, 2.05) is 6.07 Å².